The summed E-state index contributed by atoms with van der Waals surface area (Å²) in [5.41, 5.74) is 2.30. The maximum absolute atomic E-state index is 12.6. The van der Waals surface area contributed by atoms with Gasteiger partial charge < -0.3 is 14.8 Å². The van der Waals surface area contributed by atoms with Gasteiger partial charge in [-0.05, 0) is 77.1 Å². The predicted octanol–water partition coefficient (Wildman–Crippen LogP) is 4.00. The Labute approximate surface area is 166 Å². The molecule has 1 amide bonds. The quantitative estimate of drug-likeness (QED) is 0.511. The van der Waals surface area contributed by atoms with Crippen LogP contribution in [0, 0.1) is 3.57 Å². The molecule has 0 heterocycles. The molecule has 5 nitrogen and oxygen atoms in total. The van der Waals surface area contributed by atoms with Crippen LogP contribution in [-0.4, -0.2) is 25.2 Å². The van der Waals surface area contributed by atoms with Crippen LogP contribution >= 0.6 is 34.8 Å². The summed E-state index contributed by atoms with van der Waals surface area (Å²) in [5.74, 6) is 0.446. The molecule has 132 valence electrons. The molecule has 0 bridgehead atoms. The summed E-state index contributed by atoms with van der Waals surface area (Å²) in [6.07, 6.45) is 0.857. The van der Waals surface area contributed by atoms with Gasteiger partial charge in [0.2, 0.25) is 0 Å². The monoisotopic (exact) mass is 470 g/mol. The van der Waals surface area contributed by atoms with Gasteiger partial charge in [0.1, 0.15) is 17.1 Å². The predicted molar refractivity (Wildman–Crippen MR) is 112 cm³/mol. The molecule has 0 aliphatic rings. The van der Waals surface area contributed by atoms with E-state index in [-0.39, 0.29) is 5.11 Å². The Balaban J connectivity index is 2.18. The molecule has 0 aliphatic carbocycles. The summed E-state index contributed by atoms with van der Waals surface area (Å²) in [6.45, 7) is 2.07. The normalized spacial score (nSPS) is 10.1. The van der Waals surface area contributed by atoms with Gasteiger partial charge in [-0.25, -0.2) is 0 Å². The minimum atomic E-state index is -0.393. The van der Waals surface area contributed by atoms with Gasteiger partial charge in [0, 0.05) is 9.26 Å². The van der Waals surface area contributed by atoms with Crippen molar-refractivity contribution in [2.45, 2.75) is 13.3 Å². The number of carbonyl (C=O) groups is 1. The highest BCUT2D eigenvalue weighted by Crippen LogP contribution is 2.28. The van der Waals surface area contributed by atoms with Crippen LogP contribution in [-0.2, 0) is 6.42 Å². The van der Waals surface area contributed by atoms with Gasteiger partial charge in [0.15, 0.2) is 5.11 Å². The summed E-state index contributed by atoms with van der Waals surface area (Å²) < 4.78 is 11.7. The molecule has 0 fully saturated rings. The van der Waals surface area contributed by atoms with Gasteiger partial charge in [-0.1, -0.05) is 13.0 Å². The van der Waals surface area contributed by atoms with E-state index in [4.69, 9.17) is 21.7 Å². The van der Waals surface area contributed by atoms with E-state index in [1.54, 1.807) is 18.2 Å². The summed E-state index contributed by atoms with van der Waals surface area (Å²) in [6, 6.07) is 11.2. The fourth-order valence-corrected chi connectivity index (χ4v) is 3.13. The molecule has 0 radical (unpaired) electrons. The Bertz CT molecular complexity index is 774. The van der Waals surface area contributed by atoms with Crippen molar-refractivity contribution in [2.75, 3.05) is 19.5 Å². The zero-order chi connectivity index (χ0) is 18.4. The molecular weight excluding hydrogens is 451 g/mol. The van der Waals surface area contributed by atoms with Crippen molar-refractivity contribution in [3.05, 3.63) is 51.1 Å². The Morgan fingerprint density at radius 1 is 1.16 bits per heavy atom. The fourth-order valence-electron chi connectivity index (χ4n) is 2.37. The second-order valence-electron chi connectivity index (χ2n) is 5.10. The van der Waals surface area contributed by atoms with Crippen LogP contribution in [0.1, 0.15) is 22.8 Å². The summed E-state index contributed by atoms with van der Waals surface area (Å²) >= 11 is 7.55. The van der Waals surface area contributed by atoms with E-state index in [0.29, 0.717) is 17.1 Å². The first-order valence-corrected chi connectivity index (χ1v) is 9.10. The number of ether oxygens (including phenoxy) is 2. The number of halogens is 1. The molecule has 0 aliphatic heterocycles. The van der Waals surface area contributed by atoms with Crippen LogP contribution in [0.4, 0.5) is 5.69 Å². The second kappa shape index (κ2) is 9.00. The number of benzene rings is 2. The third-order valence-corrected chi connectivity index (χ3v) is 4.45. The first-order chi connectivity index (χ1) is 12.0. The zero-order valence-electron chi connectivity index (χ0n) is 14.2. The Morgan fingerprint density at radius 3 is 2.36 bits per heavy atom. The van der Waals surface area contributed by atoms with E-state index in [0.717, 1.165) is 21.2 Å². The number of aryl methyl sites for hydroxylation is 1. The highest BCUT2D eigenvalue weighted by Gasteiger charge is 2.19. The molecule has 0 spiro atoms. The van der Waals surface area contributed by atoms with E-state index >= 15 is 0 Å². The highest BCUT2D eigenvalue weighted by molar-refractivity contribution is 14.1. The van der Waals surface area contributed by atoms with E-state index in [1.807, 2.05) is 12.1 Å². The largest absolute Gasteiger partial charge is 0.496 e. The Morgan fingerprint density at radius 2 is 1.80 bits per heavy atom. The van der Waals surface area contributed by atoms with Crippen molar-refractivity contribution in [3.63, 3.8) is 0 Å². The van der Waals surface area contributed by atoms with Crippen LogP contribution in [0.25, 0.3) is 0 Å². The topological polar surface area (TPSA) is 59.6 Å². The standard InChI is InChI=1S/C18H19IN2O3S/c1-4-11-10-12(19)8-9-13(11)20-18(25)21-17(22)16-14(23-2)6-5-7-15(16)24-3/h5-10H,4H2,1-3H3,(H2,20,21,22,25). The molecule has 0 aromatic heterocycles. The average molecular weight is 470 g/mol. The number of thiocarbonyl (C=S) groups is 1. The summed E-state index contributed by atoms with van der Waals surface area (Å²) in [7, 11) is 3.00. The maximum atomic E-state index is 12.6. The highest BCUT2D eigenvalue weighted by atomic mass is 127. The van der Waals surface area contributed by atoms with Crippen LogP contribution in [0.5, 0.6) is 11.5 Å². The number of carbonyl (C=O) groups excluding carboxylic acids is 1. The smallest absolute Gasteiger partial charge is 0.264 e. The van der Waals surface area contributed by atoms with E-state index in [2.05, 4.69) is 46.2 Å². The van der Waals surface area contributed by atoms with Crippen molar-refractivity contribution in [1.82, 2.24) is 5.32 Å². The van der Waals surface area contributed by atoms with Crippen LogP contribution in [0.2, 0.25) is 0 Å². The van der Waals surface area contributed by atoms with Crippen molar-refractivity contribution in [1.29, 1.82) is 0 Å². The lowest BCUT2D eigenvalue weighted by Crippen LogP contribution is -2.34. The van der Waals surface area contributed by atoms with Gasteiger partial charge in [0.25, 0.3) is 5.91 Å². The summed E-state index contributed by atoms with van der Waals surface area (Å²) in [5, 5.41) is 5.97. The third-order valence-electron chi connectivity index (χ3n) is 3.58. The number of hydrogen-bond acceptors (Lipinski definition) is 4. The number of anilines is 1. The van der Waals surface area contributed by atoms with Gasteiger partial charge in [-0.15, -0.1) is 0 Å². The van der Waals surface area contributed by atoms with Crippen LogP contribution < -0.4 is 20.1 Å². The van der Waals surface area contributed by atoms with E-state index < -0.39 is 5.91 Å². The zero-order valence-corrected chi connectivity index (χ0v) is 17.2. The minimum absolute atomic E-state index is 0.217. The Hall–Kier alpha value is -1.87. The van der Waals surface area contributed by atoms with Crippen molar-refractivity contribution in [3.8, 4) is 11.5 Å². The van der Waals surface area contributed by atoms with Gasteiger partial charge in [-0.2, -0.15) is 0 Å². The molecular formula is C18H19IN2O3S. The summed E-state index contributed by atoms with van der Waals surface area (Å²) in [4.78, 5) is 12.6. The third kappa shape index (κ3) is 4.82. The van der Waals surface area contributed by atoms with Gasteiger partial charge in [-0.3, -0.25) is 10.1 Å². The van der Waals surface area contributed by atoms with E-state index in [9.17, 15) is 4.79 Å². The lowest BCUT2D eigenvalue weighted by Gasteiger charge is -2.15. The number of nitrogens with one attached hydrogen (secondary N) is 2. The number of amides is 1. The fraction of sp³-hybridized carbons (Fsp3) is 0.222. The van der Waals surface area contributed by atoms with Crippen LogP contribution in [0.15, 0.2) is 36.4 Å². The lowest BCUT2D eigenvalue weighted by atomic mass is 10.1. The van der Waals surface area contributed by atoms with Gasteiger partial charge >= 0.3 is 0 Å². The molecule has 0 atom stereocenters. The number of rotatable bonds is 5. The molecule has 0 unspecified atom stereocenters. The molecule has 0 saturated carbocycles. The van der Waals surface area contributed by atoms with Crippen molar-refractivity contribution >= 4 is 51.5 Å². The van der Waals surface area contributed by atoms with E-state index in [1.165, 1.54) is 14.2 Å². The first kappa shape index (κ1) is 19.5. The molecule has 2 aromatic carbocycles. The van der Waals surface area contributed by atoms with Crippen molar-refractivity contribution in [2.24, 2.45) is 0 Å². The number of methoxy groups -OCH3 is 2. The van der Waals surface area contributed by atoms with Crippen molar-refractivity contribution < 1.29 is 14.3 Å². The molecule has 2 rings (SSSR count). The first-order valence-electron chi connectivity index (χ1n) is 7.61. The van der Waals surface area contributed by atoms with Gasteiger partial charge in [0.05, 0.1) is 14.2 Å². The second-order valence-corrected chi connectivity index (χ2v) is 6.75. The van der Waals surface area contributed by atoms with Crippen LogP contribution in [0.3, 0.4) is 0 Å². The average Bonchev–Trinajstić information content (AvgIpc) is 2.62. The Kier molecular flexibility index (Phi) is 7.01. The maximum Gasteiger partial charge on any atom is 0.264 e. The molecule has 2 aromatic rings. The molecule has 25 heavy (non-hydrogen) atoms. The molecule has 7 heteroatoms. The minimum Gasteiger partial charge on any atom is -0.496 e. The number of hydrogen-bond donors (Lipinski definition) is 2. The molecule has 0 saturated heterocycles. The molecule has 2 N–H and O–H groups in total. The lowest BCUT2D eigenvalue weighted by molar-refractivity contribution is 0.0971. The SMILES string of the molecule is CCc1cc(I)ccc1NC(=S)NC(=O)c1c(OC)cccc1OC.